The summed E-state index contributed by atoms with van der Waals surface area (Å²) in [7, 11) is 0. The van der Waals surface area contributed by atoms with Crippen molar-refractivity contribution >= 4 is 32.6 Å². The lowest BCUT2D eigenvalue weighted by Crippen LogP contribution is -2.32. The number of aromatic nitrogens is 2. The monoisotopic (exact) mass is 421 g/mol. The number of benzene rings is 2. The Hall–Kier alpha value is -3.32. The number of carbonyl (C=O) groups excluding carboxylic acids is 1. The van der Waals surface area contributed by atoms with Gasteiger partial charge in [0.1, 0.15) is 11.6 Å². The third kappa shape index (κ3) is 4.63. The van der Waals surface area contributed by atoms with Crippen LogP contribution in [0.15, 0.2) is 66.9 Å². The van der Waals surface area contributed by atoms with E-state index >= 15 is 0 Å². The second kappa shape index (κ2) is 9.00. The third-order valence-corrected chi connectivity index (χ3v) is 5.55. The van der Waals surface area contributed by atoms with Crippen molar-refractivity contribution in [1.29, 1.82) is 0 Å². The van der Waals surface area contributed by atoms with E-state index in [1.165, 1.54) is 23.5 Å². The number of hydrogen-bond acceptors (Lipinski definition) is 5. The minimum atomic E-state index is -0.326. The van der Waals surface area contributed by atoms with Crippen molar-refractivity contribution in [2.45, 2.75) is 19.9 Å². The highest BCUT2D eigenvalue weighted by Gasteiger charge is 2.21. The topological polar surface area (TPSA) is 55.3 Å². The van der Waals surface area contributed by atoms with E-state index in [1.807, 2.05) is 43.3 Å². The predicted octanol–water partition coefficient (Wildman–Crippen LogP) is 5.01. The molecule has 0 fully saturated rings. The summed E-state index contributed by atoms with van der Waals surface area (Å²) in [6, 6.07) is 17.3. The number of thiazole rings is 1. The molecule has 4 rings (SSSR count). The van der Waals surface area contributed by atoms with Gasteiger partial charge in [-0.05, 0) is 55.0 Å². The maximum atomic E-state index is 13.2. The van der Waals surface area contributed by atoms with Gasteiger partial charge in [-0.2, -0.15) is 0 Å². The molecule has 0 radical (unpaired) electrons. The van der Waals surface area contributed by atoms with E-state index in [-0.39, 0.29) is 18.1 Å². The minimum absolute atomic E-state index is 0.128. The van der Waals surface area contributed by atoms with Crippen molar-refractivity contribution in [3.05, 3.63) is 83.9 Å². The molecule has 2 aromatic heterocycles. The summed E-state index contributed by atoms with van der Waals surface area (Å²) in [5.74, 6) is 0.318. The average molecular weight is 421 g/mol. The number of fused-ring (bicyclic) bond motifs is 1. The number of carbonyl (C=O) groups is 1. The lowest BCUT2D eigenvalue weighted by atomic mass is 10.1. The summed E-state index contributed by atoms with van der Waals surface area (Å²) in [5, 5.41) is 0.594. The summed E-state index contributed by atoms with van der Waals surface area (Å²) in [6.45, 7) is 2.82. The number of halogens is 1. The molecule has 0 atom stereocenters. The summed E-state index contributed by atoms with van der Waals surface area (Å²) >= 11 is 1.43. The SMILES string of the molecule is CCOc1ccc2nc(N(Cc3ccccn3)C(=O)Cc3ccc(F)cc3)sc2c1. The van der Waals surface area contributed by atoms with Gasteiger partial charge in [0, 0.05) is 6.20 Å². The largest absolute Gasteiger partial charge is 0.494 e. The molecular weight excluding hydrogens is 401 g/mol. The molecule has 0 spiro atoms. The van der Waals surface area contributed by atoms with Crippen LogP contribution in [0, 0.1) is 5.82 Å². The van der Waals surface area contributed by atoms with Crippen molar-refractivity contribution in [2.24, 2.45) is 0 Å². The number of anilines is 1. The van der Waals surface area contributed by atoms with Crippen molar-refractivity contribution in [1.82, 2.24) is 9.97 Å². The zero-order chi connectivity index (χ0) is 20.9. The molecule has 4 aromatic rings. The van der Waals surface area contributed by atoms with Gasteiger partial charge in [-0.15, -0.1) is 0 Å². The molecule has 2 aromatic carbocycles. The molecule has 152 valence electrons. The van der Waals surface area contributed by atoms with Crippen LogP contribution in [-0.4, -0.2) is 22.5 Å². The summed E-state index contributed by atoms with van der Waals surface area (Å²) in [5.41, 5.74) is 2.31. The highest BCUT2D eigenvalue weighted by molar-refractivity contribution is 7.22. The summed E-state index contributed by atoms with van der Waals surface area (Å²) < 4.78 is 19.7. The molecule has 2 heterocycles. The Morgan fingerprint density at radius 2 is 1.97 bits per heavy atom. The van der Waals surface area contributed by atoms with Crippen LogP contribution >= 0.6 is 11.3 Å². The maximum Gasteiger partial charge on any atom is 0.233 e. The highest BCUT2D eigenvalue weighted by atomic mass is 32.1. The fourth-order valence-corrected chi connectivity index (χ4v) is 4.06. The number of hydrogen-bond donors (Lipinski definition) is 0. The number of ether oxygens (including phenoxy) is 1. The van der Waals surface area contributed by atoms with E-state index in [0.29, 0.717) is 18.3 Å². The van der Waals surface area contributed by atoms with Gasteiger partial charge >= 0.3 is 0 Å². The predicted molar refractivity (Wildman–Crippen MR) is 116 cm³/mol. The van der Waals surface area contributed by atoms with E-state index < -0.39 is 0 Å². The molecule has 0 aliphatic heterocycles. The Morgan fingerprint density at radius 3 is 2.70 bits per heavy atom. The first-order valence-electron chi connectivity index (χ1n) is 9.60. The molecule has 0 N–H and O–H groups in total. The van der Waals surface area contributed by atoms with Crippen LogP contribution in [0.25, 0.3) is 10.2 Å². The van der Waals surface area contributed by atoms with Crippen LogP contribution in [-0.2, 0) is 17.8 Å². The van der Waals surface area contributed by atoms with Gasteiger partial charge in [-0.25, -0.2) is 9.37 Å². The minimum Gasteiger partial charge on any atom is -0.494 e. The zero-order valence-electron chi connectivity index (χ0n) is 16.4. The highest BCUT2D eigenvalue weighted by Crippen LogP contribution is 2.32. The molecule has 7 heteroatoms. The van der Waals surface area contributed by atoms with Crippen LogP contribution in [0.2, 0.25) is 0 Å². The van der Waals surface area contributed by atoms with Gasteiger partial charge in [-0.1, -0.05) is 29.5 Å². The Balaban J connectivity index is 1.66. The molecule has 0 saturated heterocycles. The Labute approximate surface area is 177 Å². The smallest absolute Gasteiger partial charge is 0.233 e. The van der Waals surface area contributed by atoms with Gasteiger partial charge < -0.3 is 4.74 Å². The third-order valence-electron chi connectivity index (χ3n) is 4.51. The molecule has 0 unspecified atom stereocenters. The molecule has 0 saturated carbocycles. The van der Waals surface area contributed by atoms with Crippen LogP contribution in [0.3, 0.4) is 0 Å². The second-order valence-corrected chi connectivity index (χ2v) is 7.67. The number of nitrogens with zero attached hydrogens (tertiary/aromatic N) is 3. The fraction of sp³-hybridized carbons (Fsp3) is 0.174. The van der Waals surface area contributed by atoms with Crippen molar-refractivity contribution in [2.75, 3.05) is 11.5 Å². The Kier molecular flexibility index (Phi) is 5.99. The van der Waals surface area contributed by atoms with Crippen molar-refractivity contribution in [3.63, 3.8) is 0 Å². The first kappa shape index (κ1) is 20.0. The number of pyridine rings is 1. The summed E-state index contributed by atoms with van der Waals surface area (Å²) in [6.07, 6.45) is 1.85. The number of amides is 1. The van der Waals surface area contributed by atoms with E-state index in [0.717, 1.165) is 27.2 Å². The number of rotatable bonds is 7. The van der Waals surface area contributed by atoms with Gasteiger partial charge in [0.05, 0.1) is 35.5 Å². The lowest BCUT2D eigenvalue weighted by molar-refractivity contribution is -0.118. The van der Waals surface area contributed by atoms with Crippen molar-refractivity contribution in [3.8, 4) is 5.75 Å². The molecule has 0 bridgehead atoms. The summed E-state index contributed by atoms with van der Waals surface area (Å²) in [4.78, 5) is 23.8. The molecular formula is C23H20FN3O2S. The molecule has 0 aliphatic rings. The Morgan fingerprint density at radius 1 is 1.13 bits per heavy atom. The van der Waals surface area contributed by atoms with E-state index in [2.05, 4.69) is 9.97 Å². The lowest BCUT2D eigenvalue weighted by Gasteiger charge is -2.19. The van der Waals surface area contributed by atoms with E-state index in [1.54, 1.807) is 23.2 Å². The van der Waals surface area contributed by atoms with Crippen molar-refractivity contribution < 1.29 is 13.9 Å². The van der Waals surface area contributed by atoms with Crippen LogP contribution in [0.5, 0.6) is 5.75 Å². The van der Waals surface area contributed by atoms with Crippen LogP contribution in [0.4, 0.5) is 9.52 Å². The molecule has 0 aliphatic carbocycles. The standard InChI is InChI=1S/C23H20FN3O2S/c1-2-29-19-10-11-20-21(14-19)30-23(26-20)27(15-18-5-3-4-12-25-18)22(28)13-16-6-8-17(24)9-7-16/h3-12,14H,2,13,15H2,1H3. The first-order valence-corrected chi connectivity index (χ1v) is 10.4. The average Bonchev–Trinajstić information content (AvgIpc) is 3.17. The molecule has 5 nitrogen and oxygen atoms in total. The van der Waals surface area contributed by atoms with E-state index in [4.69, 9.17) is 4.74 Å². The zero-order valence-corrected chi connectivity index (χ0v) is 17.2. The molecule has 1 amide bonds. The fourth-order valence-electron chi connectivity index (χ4n) is 3.05. The maximum absolute atomic E-state index is 13.2. The second-order valence-electron chi connectivity index (χ2n) is 6.66. The van der Waals surface area contributed by atoms with Gasteiger partial charge in [0.15, 0.2) is 5.13 Å². The van der Waals surface area contributed by atoms with Crippen LogP contribution < -0.4 is 9.64 Å². The van der Waals surface area contributed by atoms with Crippen LogP contribution in [0.1, 0.15) is 18.2 Å². The molecule has 30 heavy (non-hydrogen) atoms. The normalized spacial score (nSPS) is 10.9. The quantitative estimate of drug-likeness (QED) is 0.421. The van der Waals surface area contributed by atoms with Gasteiger partial charge in [0.2, 0.25) is 5.91 Å². The first-order chi connectivity index (χ1) is 14.6. The van der Waals surface area contributed by atoms with Gasteiger partial charge in [-0.3, -0.25) is 14.7 Å². The Bertz CT molecular complexity index is 1150. The van der Waals surface area contributed by atoms with Gasteiger partial charge in [0.25, 0.3) is 0 Å². The van der Waals surface area contributed by atoms with E-state index in [9.17, 15) is 9.18 Å².